The highest BCUT2D eigenvalue weighted by Gasteiger charge is 2.49. The summed E-state index contributed by atoms with van der Waals surface area (Å²) in [5, 5.41) is 21.0. The molecule has 1 atom stereocenters. The monoisotopic (exact) mass is 390 g/mol. The quantitative estimate of drug-likeness (QED) is 0.362. The summed E-state index contributed by atoms with van der Waals surface area (Å²) < 4.78 is 5.25. The minimum Gasteiger partial charge on any atom is -0.480 e. The third-order valence-electron chi connectivity index (χ3n) is 4.77. The van der Waals surface area contributed by atoms with Crippen LogP contribution in [0.5, 0.6) is 5.75 Å². The molecule has 146 valence electrons. The Balaban J connectivity index is 2.16. The first kappa shape index (κ1) is 19.8. The van der Waals surface area contributed by atoms with Gasteiger partial charge >= 0.3 is 17.9 Å². The van der Waals surface area contributed by atoms with Gasteiger partial charge in [-0.15, -0.1) is 0 Å². The fourth-order valence-electron chi connectivity index (χ4n) is 3.34. The molecule has 3 aromatic rings. The van der Waals surface area contributed by atoms with Gasteiger partial charge in [-0.05, 0) is 28.5 Å². The summed E-state index contributed by atoms with van der Waals surface area (Å²) in [6, 6.07) is 20.0. The van der Waals surface area contributed by atoms with Crippen molar-refractivity contribution in [2.24, 2.45) is 0 Å². The minimum absolute atomic E-state index is 0.167. The van der Waals surface area contributed by atoms with Crippen LogP contribution < -0.4 is 4.74 Å². The molecule has 0 aliphatic carbocycles. The first-order chi connectivity index (χ1) is 13.9. The molecule has 6 heteroatoms. The van der Waals surface area contributed by atoms with Gasteiger partial charge in [0.1, 0.15) is 11.2 Å². The van der Waals surface area contributed by atoms with Gasteiger partial charge in [-0.3, -0.25) is 9.59 Å². The number of aliphatic carboxylic acids is 2. The standard InChI is InChI=1S/C23H18O6/c1-15(21(25)26)23(22(27)28,14-20(24)29-17-10-3-2-4-11-17)19-13-7-9-16-8-5-6-12-18(16)19/h2-13H,1,14H2,(H,25,26)(H,27,28). The van der Waals surface area contributed by atoms with Crippen molar-refractivity contribution in [3.05, 3.63) is 90.5 Å². The maximum absolute atomic E-state index is 12.6. The maximum atomic E-state index is 12.6. The van der Waals surface area contributed by atoms with Gasteiger partial charge in [0.05, 0.1) is 12.0 Å². The van der Waals surface area contributed by atoms with Crippen LogP contribution in [0, 0.1) is 0 Å². The molecule has 6 nitrogen and oxygen atoms in total. The molecule has 0 spiro atoms. The normalized spacial score (nSPS) is 12.7. The van der Waals surface area contributed by atoms with Crippen molar-refractivity contribution in [3.63, 3.8) is 0 Å². The lowest BCUT2D eigenvalue weighted by atomic mass is 9.70. The Morgan fingerprint density at radius 3 is 2.14 bits per heavy atom. The van der Waals surface area contributed by atoms with Gasteiger partial charge in [-0.1, -0.05) is 67.2 Å². The molecule has 29 heavy (non-hydrogen) atoms. The molecular formula is C23H18O6. The second kappa shape index (κ2) is 7.98. The van der Waals surface area contributed by atoms with E-state index >= 15 is 0 Å². The molecule has 0 aliphatic heterocycles. The topological polar surface area (TPSA) is 101 Å². The maximum Gasteiger partial charge on any atom is 0.332 e. The van der Waals surface area contributed by atoms with Crippen LogP contribution in [0.3, 0.4) is 0 Å². The van der Waals surface area contributed by atoms with Gasteiger partial charge in [0.2, 0.25) is 0 Å². The fourth-order valence-corrected chi connectivity index (χ4v) is 3.34. The van der Waals surface area contributed by atoms with Gasteiger partial charge in [0, 0.05) is 0 Å². The Morgan fingerprint density at radius 2 is 1.48 bits per heavy atom. The zero-order valence-electron chi connectivity index (χ0n) is 15.4. The highest BCUT2D eigenvalue weighted by molar-refractivity contribution is 6.05. The lowest BCUT2D eigenvalue weighted by Gasteiger charge is -2.30. The number of carbonyl (C=O) groups is 3. The molecule has 0 heterocycles. The van der Waals surface area contributed by atoms with Crippen LogP contribution in [0.4, 0.5) is 0 Å². The summed E-state index contributed by atoms with van der Waals surface area (Å²) in [5.41, 5.74) is -2.65. The Labute approximate surface area is 166 Å². The van der Waals surface area contributed by atoms with E-state index in [1.165, 1.54) is 6.07 Å². The number of esters is 1. The molecule has 0 bridgehead atoms. The van der Waals surface area contributed by atoms with Crippen LogP contribution >= 0.6 is 0 Å². The van der Waals surface area contributed by atoms with Crippen LogP contribution in [-0.2, 0) is 19.8 Å². The van der Waals surface area contributed by atoms with Gasteiger partial charge in [0.15, 0.2) is 0 Å². The van der Waals surface area contributed by atoms with E-state index in [9.17, 15) is 24.6 Å². The largest absolute Gasteiger partial charge is 0.480 e. The van der Waals surface area contributed by atoms with Crippen molar-refractivity contribution >= 4 is 28.7 Å². The van der Waals surface area contributed by atoms with Gasteiger partial charge in [-0.25, -0.2) is 4.79 Å². The summed E-state index contributed by atoms with van der Waals surface area (Å²) in [4.78, 5) is 36.9. The number of ether oxygens (including phenoxy) is 1. The number of para-hydroxylation sites is 1. The van der Waals surface area contributed by atoms with Crippen molar-refractivity contribution in [3.8, 4) is 5.75 Å². The van der Waals surface area contributed by atoms with E-state index in [1.807, 2.05) is 0 Å². The summed E-state index contributed by atoms with van der Waals surface area (Å²) in [6.07, 6.45) is -0.726. The lowest BCUT2D eigenvalue weighted by molar-refractivity contribution is -0.149. The molecule has 3 rings (SSSR count). The van der Waals surface area contributed by atoms with E-state index in [0.717, 1.165) is 0 Å². The zero-order chi connectivity index (χ0) is 21.0. The van der Waals surface area contributed by atoms with Crippen LogP contribution in [0.1, 0.15) is 12.0 Å². The number of carbonyl (C=O) groups excluding carboxylic acids is 1. The number of carboxylic acid groups (broad SMARTS) is 2. The van der Waals surface area contributed by atoms with Crippen LogP contribution in [0.15, 0.2) is 84.9 Å². The van der Waals surface area contributed by atoms with Crippen molar-refractivity contribution in [2.75, 3.05) is 0 Å². The SMILES string of the molecule is C=C(C(=O)O)C(CC(=O)Oc1ccccc1)(C(=O)O)c1cccc2ccccc12. The molecule has 0 saturated heterocycles. The Hall–Kier alpha value is -3.93. The smallest absolute Gasteiger partial charge is 0.332 e. The van der Waals surface area contributed by atoms with E-state index in [1.54, 1.807) is 66.7 Å². The van der Waals surface area contributed by atoms with E-state index in [4.69, 9.17) is 4.74 Å². The van der Waals surface area contributed by atoms with Crippen LogP contribution in [0.25, 0.3) is 10.8 Å². The van der Waals surface area contributed by atoms with E-state index in [2.05, 4.69) is 6.58 Å². The zero-order valence-corrected chi connectivity index (χ0v) is 15.4. The third kappa shape index (κ3) is 3.73. The summed E-state index contributed by atoms with van der Waals surface area (Å²) in [6.45, 7) is 3.50. The predicted molar refractivity (Wildman–Crippen MR) is 107 cm³/mol. The molecule has 0 fully saturated rings. The second-order valence-electron chi connectivity index (χ2n) is 6.48. The van der Waals surface area contributed by atoms with Crippen molar-refractivity contribution in [1.82, 2.24) is 0 Å². The molecular weight excluding hydrogens is 372 g/mol. The Kier molecular flexibility index (Phi) is 5.45. The molecule has 0 radical (unpaired) electrons. The summed E-state index contributed by atoms with van der Waals surface area (Å²) in [5.74, 6) is -3.65. The third-order valence-corrected chi connectivity index (χ3v) is 4.77. The van der Waals surface area contributed by atoms with Crippen molar-refractivity contribution < 1.29 is 29.3 Å². The van der Waals surface area contributed by atoms with Crippen LogP contribution in [0.2, 0.25) is 0 Å². The Morgan fingerprint density at radius 1 is 0.862 bits per heavy atom. The molecule has 2 N–H and O–H groups in total. The Bertz CT molecular complexity index is 1100. The summed E-state index contributed by atoms with van der Waals surface area (Å²) >= 11 is 0. The average Bonchev–Trinajstić information content (AvgIpc) is 2.71. The summed E-state index contributed by atoms with van der Waals surface area (Å²) in [7, 11) is 0. The molecule has 0 saturated carbocycles. The lowest BCUT2D eigenvalue weighted by Crippen LogP contribution is -2.43. The van der Waals surface area contributed by atoms with E-state index < -0.39 is 35.3 Å². The number of fused-ring (bicyclic) bond motifs is 1. The minimum atomic E-state index is -2.20. The number of rotatable bonds is 7. The highest BCUT2D eigenvalue weighted by Crippen LogP contribution is 2.40. The first-order valence-electron chi connectivity index (χ1n) is 8.76. The molecule has 0 aromatic heterocycles. The van der Waals surface area contributed by atoms with E-state index in [-0.39, 0.29) is 11.3 Å². The van der Waals surface area contributed by atoms with Crippen LogP contribution in [-0.4, -0.2) is 28.1 Å². The van der Waals surface area contributed by atoms with E-state index in [0.29, 0.717) is 10.8 Å². The second-order valence-corrected chi connectivity index (χ2v) is 6.48. The van der Waals surface area contributed by atoms with Gasteiger partial charge in [0.25, 0.3) is 0 Å². The number of hydrogen-bond donors (Lipinski definition) is 2. The van der Waals surface area contributed by atoms with Gasteiger partial charge < -0.3 is 14.9 Å². The van der Waals surface area contributed by atoms with Crippen molar-refractivity contribution in [1.29, 1.82) is 0 Å². The number of benzene rings is 3. The molecule has 0 amide bonds. The van der Waals surface area contributed by atoms with Crippen molar-refractivity contribution in [2.45, 2.75) is 11.8 Å². The molecule has 0 aliphatic rings. The molecule has 3 aromatic carbocycles. The first-order valence-corrected chi connectivity index (χ1v) is 8.76. The number of carboxylic acids is 2. The average molecular weight is 390 g/mol. The predicted octanol–water partition coefficient (Wildman–Crippen LogP) is 3.80. The highest BCUT2D eigenvalue weighted by atomic mass is 16.5. The molecule has 1 unspecified atom stereocenters. The van der Waals surface area contributed by atoms with Gasteiger partial charge in [-0.2, -0.15) is 0 Å². The fraction of sp³-hybridized carbons (Fsp3) is 0.0870. The number of hydrogen-bond acceptors (Lipinski definition) is 4.